The van der Waals surface area contributed by atoms with Gasteiger partial charge in [0.05, 0.1) is 18.2 Å². The van der Waals surface area contributed by atoms with E-state index in [9.17, 15) is 22.0 Å². The Balaban J connectivity index is 3.50. The molecule has 7 nitrogen and oxygen atoms in total. The van der Waals surface area contributed by atoms with Crippen LogP contribution >= 0.6 is 15.9 Å². The number of anilines is 1. The number of benzene rings is 1. The quantitative estimate of drug-likeness (QED) is 0.571. The molecule has 0 aliphatic rings. The van der Waals surface area contributed by atoms with E-state index >= 15 is 0 Å². The van der Waals surface area contributed by atoms with Crippen molar-refractivity contribution in [3.63, 3.8) is 0 Å². The van der Waals surface area contributed by atoms with E-state index in [1.165, 1.54) is 6.92 Å². The van der Waals surface area contributed by atoms with E-state index in [2.05, 4.69) is 20.7 Å². The Hall–Kier alpha value is -1.46. The van der Waals surface area contributed by atoms with E-state index < -0.39 is 40.0 Å². The molecule has 1 rings (SSSR count). The first-order valence-corrected chi connectivity index (χ1v) is 8.10. The average Bonchev–Trinajstić information content (AvgIpc) is 2.41. The second kappa shape index (κ2) is 7.20. The van der Waals surface area contributed by atoms with Crippen molar-refractivity contribution >= 4 is 37.8 Å². The number of methoxy groups -OCH3 is 1. The molecule has 22 heavy (non-hydrogen) atoms. The summed E-state index contributed by atoms with van der Waals surface area (Å²) >= 11 is 2.76. The van der Waals surface area contributed by atoms with Crippen LogP contribution in [0.25, 0.3) is 0 Å². The minimum atomic E-state index is -4.59. The van der Waals surface area contributed by atoms with Gasteiger partial charge in [0.25, 0.3) is 10.2 Å². The zero-order valence-corrected chi connectivity index (χ0v) is 14.0. The van der Waals surface area contributed by atoms with Crippen molar-refractivity contribution in [1.82, 2.24) is 0 Å². The predicted molar refractivity (Wildman–Crippen MR) is 77.7 cm³/mol. The highest BCUT2D eigenvalue weighted by Gasteiger charge is 2.31. The van der Waals surface area contributed by atoms with Gasteiger partial charge in [-0.15, -0.1) is 0 Å². The molecule has 1 aromatic carbocycles. The molecule has 0 unspecified atom stereocenters. The van der Waals surface area contributed by atoms with E-state index in [1.807, 2.05) is 0 Å². The standard InChI is InChI=1S/C11H13BrF2N2O5S/c1-3-21-8(17)5-16(22(15,18)19)11-7(20-2)4-6(12)9(13)10(11)14/h4H,3,5H2,1-2H3,(H2,15,18,19). The maximum absolute atomic E-state index is 14.1. The number of nitrogens with two attached hydrogens (primary N) is 1. The minimum Gasteiger partial charge on any atom is -0.494 e. The van der Waals surface area contributed by atoms with E-state index in [0.717, 1.165) is 13.2 Å². The molecule has 0 fully saturated rings. The molecule has 0 heterocycles. The van der Waals surface area contributed by atoms with Crippen molar-refractivity contribution < 1.29 is 31.5 Å². The molecule has 11 heteroatoms. The highest BCUT2D eigenvalue weighted by molar-refractivity contribution is 9.10. The number of rotatable bonds is 6. The molecule has 0 radical (unpaired) electrons. The summed E-state index contributed by atoms with van der Waals surface area (Å²) in [6.45, 7) is 0.548. The van der Waals surface area contributed by atoms with Gasteiger partial charge in [0.1, 0.15) is 18.0 Å². The molecule has 0 saturated heterocycles. The molecular formula is C11H13BrF2N2O5S. The van der Waals surface area contributed by atoms with Crippen LogP contribution < -0.4 is 14.2 Å². The fourth-order valence-corrected chi connectivity index (χ4v) is 2.66. The van der Waals surface area contributed by atoms with Gasteiger partial charge in [-0.25, -0.2) is 18.2 Å². The second-order valence-corrected chi connectivity index (χ2v) is 6.22. The molecule has 0 spiro atoms. The molecule has 0 amide bonds. The summed E-state index contributed by atoms with van der Waals surface area (Å²) in [4.78, 5) is 11.5. The summed E-state index contributed by atoms with van der Waals surface area (Å²) in [5.74, 6) is -4.21. The molecule has 0 saturated carbocycles. The van der Waals surface area contributed by atoms with Crippen LogP contribution in [-0.2, 0) is 19.7 Å². The third-order valence-electron chi connectivity index (χ3n) is 2.46. The van der Waals surface area contributed by atoms with E-state index in [-0.39, 0.29) is 21.1 Å². The SMILES string of the molecule is CCOC(=O)CN(c1c(OC)cc(Br)c(F)c1F)S(N)(=O)=O. The van der Waals surface area contributed by atoms with E-state index in [4.69, 9.17) is 9.88 Å². The second-order valence-electron chi connectivity index (χ2n) is 3.89. The molecule has 0 aliphatic carbocycles. The van der Waals surface area contributed by atoms with Crippen molar-refractivity contribution in [2.75, 3.05) is 24.6 Å². The number of halogens is 3. The lowest BCUT2D eigenvalue weighted by Crippen LogP contribution is -2.41. The van der Waals surface area contributed by atoms with Gasteiger partial charge >= 0.3 is 5.97 Å². The largest absolute Gasteiger partial charge is 0.494 e. The van der Waals surface area contributed by atoms with Gasteiger partial charge in [-0.3, -0.25) is 4.79 Å². The normalized spacial score (nSPS) is 11.2. The van der Waals surface area contributed by atoms with Crippen LogP contribution in [0.3, 0.4) is 0 Å². The summed E-state index contributed by atoms with van der Waals surface area (Å²) in [6, 6.07) is 1.01. The molecule has 124 valence electrons. The molecular weight excluding hydrogens is 390 g/mol. The molecule has 0 bridgehead atoms. The van der Waals surface area contributed by atoms with Crippen LogP contribution in [0.15, 0.2) is 10.5 Å². The van der Waals surface area contributed by atoms with Crippen LogP contribution in [0.2, 0.25) is 0 Å². The number of esters is 1. The van der Waals surface area contributed by atoms with Crippen LogP contribution in [-0.4, -0.2) is 34.6 Å². The maximum Gasteiger partial charge on any atom is 0.326 e. The molecule has 0 aliphatic heterocycles. The number of ether oxygens (including phenoxy) is 2. The summed E-state index contributed by atoms with van der Waals surface area (Å²) < 4.78 is 60.4. The summed E-state index contributed by atoms with van der Waals surface area (Å²) in [6.07, 6.45) is 0. The van der Waals surface area contributed by atoms with Crippen LogP contribution in [0.4, 0.5) is 14.5 Å². The first-order chi connectivity index (χ1) is 10.1. The van der Waals surface area contributed by atoms with Gasteiger partial charge in [-0.1, -0.05) is 0 Å². The van der Waals surface area contributed by atoms with Gasteiger partial charge in [-0.2, -0.15) is 8.42 Å². The van der Waals surface area contributed by atoms with Gasteiger partial charge < -0.3 is 9.47 Å². The van der Waals surface area contributed by atoms with Gasteiger partial charge in [-0.05, 0) is 28.9 Å². The predicted octanol–water partition coefficient (Wildman–Crippen LogP) is 1.31. The van der Waals surface area contributed by atoms with Crippen molar-refractivity contribution in [1.29, 1.82) is 0 Å². The van der Waals surface area contributed by atoms with Crippen molar-refractivity contribution in [3.05, 3.63) is 22.2 Å². The number of nitrogens with zero attached hydrogens (tertiary/aromatic N) is 1. The van der Waals surface area contributed by atoms with Crippen LogP contribution in [0, 0.1) is 11.6 Å². The summed E-state index contributed by atoms with van der Waals surface area (Å²) in [5, 5.41) is 4.97. The van der Waals surface area contributed by atoms with Crippen molar-refractivity contribution in [2.24, 2.45) is 5.14 Å². The highest BCUT2D eigenvalue weighted by atomic mass is 79.9. The Bertz CT molecular complexity index is 684. The van der Waals surface area contributed by atoms with Crippen molar-refractivity contribution in [2.45, 2.75) is 6.92 Å². The monoisotopic (exact) mass is 402 g/mol. The Kier molecular flexibility index (Phi) is 6.08. The number of hydrogen-bond donors (Lipinski definition) is 1. The van der Waals surface area contributed by atoms with Gasteiger partial charge in [0.2, 0.25) is 0 Å². The Labute approximate surface area is 134 Å². The van der Waals surface area contributed by atoms with E-state index in [1.54, 1.807) is 0 Å². The van der Waals surface area contributed by atoms with Crippen molar-refractivity contribution in [3.8, 4) is 5.75 Å². The fraction of sp³-hybridized carbons (Fsp3) is 0.364. The number of carbonyl (C=O) groups excluding carboxylic acids is 1. The van der Waals surface area contributed by atoms with Gasteiger partial charge in [0, 0.05) is 0 Å². The number of hydrogen-bond acceptors (Lipinski definition) is 5. The average molecular weight is 403 g/mol. The van der Waals surface area contributed by atoms with Gasteiger partial charge in [0.15, 0.2) is 11.6 Å². The minimum absolute atomic E-state index is 0.0222. The lowest BCUT2D eigenvalue weighted by atomic mass is 10.2. The fourth-order valence-electron chi connectivity index (χ4n) is 1.57. The topological polar surface area (TPSA) is 98.9 Å². The first kappa shape index (κ1) is 18.6. The Morgan fingerprint density at radius 3 is 2.45 bits per heavy atom. The van der Waals surface area contributed by atoms with E-state index in [0.29, 0.717) is 0 Å². The third-order valence-corrected chi connectivity index (χ3v) is 3.96. The molecule has 1 aromatic rings. The van der Waals surface area contributed by atoms with Crippen LogP contribution in [0.5, 0.6) is 5.75 Å². The molecule has 0 atom stereocenters. The Morgan fingerprint density at radius 1 is 1.41 bits per heavy atom. The zero-order chi connectivity index (χ0) is 17.1. The molecule has 0 aromatic heterocycles. The van der Waals surface area contributed by atoms with Crippen LogP contribution in [0.1, 0.15) is 6.92 Å². The lowest BCUT2D eigenvalue weighted by molar-refractivity contribution is -0.141. The number of carbonyl (C=O) groups is 1. The Morgan fingerprint density at radius 2 is 2.00 bits per heavy atom. The molecule has 2 N–H and O–H groups in total. The zero-order valence-electron chi connectivity index (χ0n) is 11.6. The summed E-state index contributed by atoms with van der Waals surface area (Å²) in [5.41, 5.74) is -0.821. The highest BCUT2D eigenvalue weighted by Crippen LogP contribution is 2.37. The maximum atomic E-state index is 14.1. The first-order valence-electron chi connectivity index (χ1n) is 5.81. The summed E-state index contributed by atoms with van der Waals surface area (Å²) in [7, 11) is -3.47. The lowest BCUT2D eigenvalue weighted by Gasteiger charge is -2.23. The third kappa shape index (κ3) is 4.05. The smallest absolute Gasteiger partial charge is 0.326 e.